The van der Waals surface area contributed by atoms with E-state index < -0.39 is 6.04 Å². The molecule has 0 saturated carbocycles. The Morgan fingerprint density at radius 2 is 2.00 bits per heavy atom. The van der Waals surface area contributed by atoms with E-state index in [1.54, 1.807) is 11.8 Å². The molecule has 1 amide bonds. The zero-order valence-electron chi connectivity index (χ0n) is 12.3. The van der Waals surface area contributed by atoms with Crippen LogP contribution in [0.15, 0.2) is 30.3 Å². The SMILES string of the molecule is CCOC(=O)[C@H](Cc1ccccc1)N1CC(C)(C)C1=O. The minimum Gasteiger partial charge on any atom is -0.464 e. The molecule has 1 aliphatic rings. The molecule has 1 aliphatic heterocycles. The maximum atomic E-state index is 12.1. The van der Waals surface area contributed by atoms with E-state index in [4.69, 9.17) is 4.74 Å². The molecular formula is C16H21NO3. The largest absolute Gasteiger partial charge is 0.464 e. The Morgan fingerprint density at radius 3 is 2.50 bits per heavy atom. The van der Waals surface area contributed by atoms with Gasteiger partial charge >= 0.3 is 5.97 Å². The number of carbonyl (C=O) groups is 2. The molecule has 0 bridgehead atoms. The first-order valence-corrected chi connectivity index (χ1v) is 6.97. The lowest BCUT2D eigenvalue weighted by molar-refractivity contribution is -0.171. The fourth-order valence-corrected chi connectivity index (χ4v) is 2.51. The number of benzene rings is 1. The molecule has 0 spiro atoms. The lowest BCUT2D eigenvalue weighted by Crippen LogP contribution is -2.64. The van der Waals surface area contributed by atoms with E-state index in [2.05, 4.69) is 0 Å². The van der Waals surface area contributed by atoms with Crippen molar-refractivity contribution in [3.05, 3.63) is 35.9 Å². The number of ether oxygens (including phenoxy) is 1. The maximum Gasteiger partial charge on any atom is 0.329 e. The molecule has 1 saturated heterocycles. The summed E-state index contributed by atoms with van der Waals surface area (Å²) in [5.41, 5.74) is 0.671. The van der Waals surface area contributed by atoms with E-state index in [-0.39, 0.29) is 17.3 Å². The third-order valence-corrected chi connectivity index (χ3v) is 3.61. The molecule has 4 heteroatoms. The van der Waals surface area contributed by atoms with E-state index in [9.17, 15) is 9.59 Å². The number of hydrogen-bond donors (Lipinski definition) is 0. The van der Waals surface area contributed by atoms with Gasteiger partial charge in [-0.05, 0) is 26.3 Å². The van der Waals surface area contributed by atoms with Crippen molar-refractivity contribution in [2.45, 2.75) is 33.2 Å². The summed E-state index contributed by atoms with van der Waals surface area (Å²) >= 11 is 0. The van der Waals surface area contributed by atoms with Crippen molar-refractivity contribution in [2.24, 2.45) is 5.41 Å². The van der Waals surface area contributed by atoms with E-state index in [1.165, 1.54) is 0 Å². The second-order valence-corrected chi connectivity index (χ2v) is 5.77. The predicted octanol–water partition coefficient (Wildman–Crippen LogP) is 2.03. The molecule has 1 heterocycles. The van der Waals surface area contributed by atoms with Crippen LogP contribution in [0, 0.1) is 5.41 Å². The lowest BCUT2D eigenvalue weighted by Gasteiger charge is -2.47. The smallest absolute Gasteiger partial charge is 0.329 e. The number of rotatable bonds is 5. The highest BCUT2D eigenvalue weighted by Crippen LogP contribution is 2.33. The number of likely N-dealkylation sites (tertiary alicyclic amines) is 1. The zero-order chi connectivity index (χ0) is 14.8. The van der Waals surface area contributed by atoms with Gasteiger partial charge in [-0.3, -0.25) is 4.79 Å². The minimum atomic E-state index is -0.516. The van der Waals surface area contributed by atoms with Crippen LogP contribution >= 0.6 is 0 Å². The number of nitrogens with zero attached hydrogens (tertiary/aromatic N) is 1. The van der Waals surface area contributed by atoms with Crippen LogP contribution in [-0.2, 0) is 20.7 Å². The van der Waals surface area contributed by atoms with Gasteiger partial charge in [0.05, 0.1) is 12.0 Å². The first-order valence-electron chi connectivity index (χ1n) is 6.97. The minimum absolute atomic E-state index is 0.0199. The summed E-state index contributed by atoms with van der Waals surface area (Å²) in [6.45, 7) is 6.50. The first kappa shape index (κ1) is 14.6. The van der Waals surface area contributed by atoms with Crippen molar-refractivity contribution in [1.82, 2.24) is 4.90 Å². The lowest BCUT2D eigenvalue weighted by atomic mass is 9.81. The topological polar surface area (TPSA) is 46.6 Å². The van der Waals surface area contributed by atoms with Crippen molar-refractivity contribution in [2.75, 3.05) is 13.2 Å². The Balaban J connectivity index is 2.14. The number of amides is 1. The average Bonchev–Trinajstić information content (AvgIpc) is 2.44. The Labute approximate surface area is 119 Å². The summed E-state index contributed by atoms with van der Waals surface area (Å²) in [5, 5.41) is 0. The number of esters is 1. The van der Waals surface area contributed by atoms with Crippen molar-refractivity contribution in [3.8, 4) is 0 Å². The normalized spacial score (nSPS) is 18.4. The van der Waals surface area contributed by atoms with Gasteiger partial charge in [0.2, 0.25) is 5.91 Å². The molecule has 2 rings (SSSR count). The molecule has 0 aliphatic carbocycles. The van der Waals surface area contributed by atoms with Crippen LogP contribution in [-0.4, -0.2) is 36.0 Å². The Hall–Kier alpha value is -1.84. The second-order valence-electron chi connectivity index (χ2n) is 5.77. The summed E-state index contributed by atoms with van der Waals surface area (Å²) in [6.07, 6.45) is 0.501. The Bertz CT molecular complexity index is 496. The molecule has 108 valence electrons. The van der Waals surface area contributed by atoms with Gasteiger partial charge < -0.3 is 9.64 Å². The van der Waals surface area contributed by atoms with Gasteiger partial charge in [0.25, 0.3) is 0 Å². The molecule has 1 atom stereocenters. The van der Waals surface area contributed by atoms with Gasteiger partial charge in [0.15, 0.2) is 0 Å². The number of carbonyl (C=O) groups excluding carboxylic acids is 2. The Morgan fingerprint density at radius 1 is 1.35 bits per heavy atom. The summed E-state index contributed by atoms with van der Waals surface area (Å²) in [6, 6.07) is 9.20. The fraction of sp³-hybridized carbons (Fsp3) is 0.500. The fourth-order valence-electron chi connectivity index (χ4n) is 2.51. The number of β-lactam (4-membered cyclic amide) rings is 1. The van der Waals surface area contributed by atoms with Gasteiger partial charge in [-0.2, -0.15) is 0 Å². The molecule has 0 radical (unpaired) electrons. The third-order valence-electron chi connectivity index (χ3n) is 3.61. The van der Waals surface area contributed by atoms with E-state index in [0.29, 0.717) is 19.6 Å². The van der Waals surface area contributed by atoms with Gasteiger partial charge in [0, 0.05) is 13.0 Å². The summed E-state index contributed by atoms with van der Waals surface area (Å²) in [5.74, 6) is -0.299. The molecular weight excluding hydrogens is 254 g/mol. The molecule has 1 fully saturated rings. The summed E-state index contributed by atoms with van der Waals surface area (Å²) < 4.78 is 5.12. The highest BCUT2D eigenvalue weighted by Gasteiger charge is 2.49. The van der Waals surface area contributed by atoms with Gasteiger partial charge in [-0.15, -0.1) is 0 Å². The van der Waals surface area contributed by atoms with E-state index in [0.717, 1.165) is 5.56 Å². The van der Waals surface area contributed by atoms with Crippen molar-refractivity contribution < 1.29 is 14.3 Å². The third kappa shape index (κ3) is 2.84. The Kier molecular flexibility index (Phi) is 4.12. The molecule has 0 unspecified atom stereocenters. The molecule has 0 N–H and O–H groups in total. The molecule has 1 aromatic carbocycles. The number of hydrogen-bond acceptors (Lipinski definition) is 3. The van der Waals surface area contributed by atoms with Crippen molar-refractivity contribution in [3.63, 3.8) is 0 Å². The van der Waals surface area contributed by atoms with Crippen LogP contribution in [0.1, 0.15) is 26.3 Å². The maximum absolute atomic E-state index is 12.1. The van der Waals surface area contributed by atoms with Crippen LogP contribution in [0.2, 0.25) is 0 Å². The van der Waals surface area contributed by atoms with Crippen LogP contribution in [0.4, 0.5) is 0 Å². The highest BCUT2D eigenvalue weighted by molar-refractivity contribution is 5.92. The van der Waals surface area contributed by atoms with Crippen LogP contribution in [0.5, 0.6) is 0 Å². The second kappa shape index (κ2) is 5.65. The summed E-state index contributed by atoms with van der Waals surface area (Å²) in [4.78, 5) is 25.9. The van der Waals surface area contributed by atoms with Crippen molar-refractivity contribution in [1.29, 1.82) is 0 Å². The summed E-state index contributed by atoms with van der Waals surface area (Å²) in [7, 11) is 0. The van der Waals surface area contributed by atoms with Gasteiger partial charge in [0.1, 0.15) is 6.04 Å². The zero-order valence-corrected chi connectivity index (χ0v) is 12.3. The van der Waals surface area contributed by atoms with Crippen LogP contribution in [0.3, 0.4) is 0 Å². The molecule has 0 aromatic heterocycles. The molecule has 20 heavy (non-hydrogen) atoms. The quantitative estimate of drug-likeness (QED) is 0.610. The van der Waals surface area contributed by atoms with Gasteiger partial charge in [-0.1, -0.05) is 30.3 Å². The highest BCUT2D eigenvalue weighted by atomic mass is 16.5. The molecule has 4 nitrogen and oxygen atoms in total. The monoisotopic (exact) mass is 275 g/mol. The average molecular weight is 275 g/mol. The van der Waals surface area contributed by atoms with Crippen LogP contribution in [0.25, 0.3) is 0 Å². The van der Waals surface area contributed by atoms with E-state index in [1.807, 2.05) is 44.2 Å². The van der Waals surface area contributed by atoms with E-state index >= 15 is 0 Å². The standard InChI is InChI=1S/C16H21NO3/c1-4-20-14(18)13(10-12-8-6-5-7-9-12)17-11-16(2,3)15(17)19/h5-9,13H,4,10-11H2,1-3H3/t13-/m0/s1. The predicted molar refractivity (Wildman–Crippen MR) is 76.1 cm³/mol. The van der Waals surface area contributed by atoms with Crippen molar-refractivity contribution >= 4 is 11.9 Å². The van der Waals surface area contributed by atoms with Gasteiger partial charge in [-0.25, -0.2) is 4.79 Å². The first-order chi connectivity index (χ1) is 9.45. The van der Waals surface area contributed by atoms with Crippen LogP contribution < -0.4 is 0 Å². The molecule has 1 aromatic rings.